The molecule has 0 fully saturated rings. The molecule has 0 saturated carbocycles. The topological polar surface area (TPSA) is 119 Å². The Labute approximate surface area is 197 Å². The van der Waals surface area contributed by atoms with Crippen molar-refractivity contribution in [2.75, 3.05) is 17.7 Å². The lowest BCUT2D eigenvalue weighted by molar-refractivity contribution is -0.113. The number of aromatic nitrogens is 4. The number of para-hydroxylation sites is 1. The lowest BCUT2D eigenvalue weighted by Crippen LogP contribution is -2.17. The van der Waals surface area contributed by atoms with E-state index in [9.17, 15) is 14.4 Å². The fourth-order valence-electron chi connectivity index (χ4n) is 3.09. The summed E-state index contributed by atoms with van der Waals surface area (Å²) in [6.45, 7) is 3.95. The third-order valence-electron chi connectivity index (χ3n) is 4.64. The van der Waals surface area contributed by atoms with Crippen LogP contribution in [0.1, 0.15) is 29.1 Å². The first-order valence-corrected chi connectivity index (χ1v) is 12.1. The zero-order valence-electron chi connectivity index (χ0n) is 18.0. The van der Waals surface area contributed by atoms with Gasteiger partial charge in [0, 0.05) is 4.88 Å². The molecule has 0 spiro atoms. The predicted octanol–water partition coefficient (Wildman–Crippen LogP) is 3.64. The smallest absolute Gasteiger partial charge is 0.341 e. The first kappa shape index (κ1) is 22.7. The number of fused-ring (bicyclic) bond motifs is 1. The molecule has 1 amide bonds. The maximum Gasteiger partial charge on any atom is 0.341 e. The van der Waals surface area contributed by atoms with E-state index in [1.54, 1.807) is 17.7 Å². The van der Waals surface area contributed by atoms with Gasteiger partial charge in [0.05, 0.1) is 29.8 Å². The van der Waals surface area contributed by atoms with Crippen molar-refractivity contribution in [2.45, 2.75) is 25.4 Å². The Morgan fingerprint density at radius 3 is 2.76 bits per heavy atom. The molecule has 0 aliphatic heterocycles. The van der Waals surface area contributed by atoms with Gasteiger partial charge >= 0.3 is 5.97 Å². The van der Waals surface area contributed by atoms with Crippen LogP contribution in [0.4, 0.5) is 5.00 Å². The number of benzene rings is 1. The van der Waals surface area contributed by atoms with Crippen molar-refractivity contribution >= 4 is 51.0 Å². The third kappa shape index (κ3) is 4.99. The maximum absolute atomic E-state index is 12.6. The minimum absolute atomic E-state index is 0.00442. The fourth-order valence-corrected chi connectivity index (χ4v) is 4.75. The first-order valence-electron chi connectivity index (χ1n) is 10.3. The highest BCUT2D eigenvalue weighted by Gasteiger charge is 2.19. The number of carbonyl (C=O) groups excluding carboxylic acids is 2. The normalized spacial score (nSPS) is 11.0. The Morgan fingerprint density at radius 1 is 1.24 bits per heavy atom. The van der Waals surface area contributed by atoms with Crippen LogP contribution in [0.3, 0.4) is 0 Å². The van der Waals surface area contributed by atoms with Crippen molar-refractivity contribution < 1.29 is 14.3 Å². The first-order chi connectivity index (χ1) is 16.0. The molecule has 9 nitrogen and oxygen atoms in total. The number of nitrogens with one attached hydrogen (secondary N) is 2. The summed E-state index contributed by atoms with van der Waals surface area (Å²) >= 11 is 2.43. The number of esters is 1. The van der Waals surface area contributed by atoms with Crippen LogP contribution >= 0.6 is 23.1 Å². The van der Waals surface area contributed by atoms with Crippen LogP contribution in [0.25, 0.3) is 16.7 Å². The molecule has 33 heavy (non-hydrogen) atoms. The van der Waals surface area contributed by atoms with Crippen LogP contribution in [-0.4, -0.2) is 44.0 Å². The van der Waals surface area contributed by atoms with E-state index in [-0.39, 0.29) is 23.8 Å². The molecule has 3 aromatic heterocycles. The summed E-state index contributed by atoms with van der Waals surface area (Å²) in [4.78, 5) is 45.4. The van der Waals surface area contributed by atoms with Crippen LogP contribution in [0.15, 0.2) is 52.5 Å². The average Bonchev–Trinajstić information content (AvgIpc) is 3.43. The Morgan fingerprint density at radius 2 is 2.03 bits per heavy atom. The zero-order chi connectivity index (χ0) is 23.4. The number of thioether (sulfide) groups is 1. The number of aryl methyl sites for hydroxylation is 1. The van der Waals surface area contributed by atoms with E-state index in [2.05, 4.69) is 20.4 Å². The van der Waals surface area contributed by atoms with Gasteiger partial charge in [0.15, 0.2) is 10.8 Å². The molecular formula is C22H21N5O4S2. The Bertz CT molecular complexity index is 1360. The molecule has 1 aromatic carbocycles. The van der Waals surface area contributed by atoms with Crippen LogP contribution in [-0.2, 0) is 16.0 Å². The van der Waals surface area contributed by atoms with Gasteiger partial charge in [-0.15, -0.1) is 11.3 Å². The van der Waals surface area contributed by atoms with E-state index in [0.717, 1.165) is 28.7 Å². The molecule has 0 atom stereocenters. The molecule has 0 saturated heterocycles. The summed E-state index contributed by atoms with van der Waals surface area (Å²) in [5.74, 6) is -0.799. The number of rotatable bonds is 8. The molecule has 2 N–H and O–H groups in total. The second-order valence-corrected chi connectivity index (χ2v) is 8.97. The van der Waals surface area contributed by atoms with Gasteiger partial charge < -0.3 is 15.0 Å². The highest BCUT2D eigenvalue weighted by Crippen LogP contribution is 2.29. The lowest BCUT2D eigenvalue weighted by atomic mass is 10.2. The largest absolute Gasteiger partial charge is 0.462 e. The van der Waals surface area contributed by atoms with E-state index >= 15 is 0 Å². The van der Waals surface area contributed by atoms with Gasteiger partial charge in [-0.05, 0) is 31.5 Å². The predicted molar refractivity (Wildman–Crippen MR) is 128 cm³/mol. The molecule has 0 unspecified atom stereocenters. The number of H-pyrrole nitrogens is 1. The van der Waals surface area contributed by atoms with Crippen molar-refractivity contribution in [1.29, 1.82) is 0 Å². The molecule has 0 aliphatic rings. The van der Waals surface area contributed by atoms with Crippen molar-refractivity contribution in [3.05, 3.63) is 63.4 Å². The van der Waals surface area contributed by atoms with E-state index < -0.39 is 5.97 Å². The Hall–Kier alpha value is -3.44. The number of amides is 1. The van der Waals surface area contributed by atoms with Gasteiger partial charge in [-0.3, -0.25) is 9.59 Å². The molecule has 4 aromatic rings. The van der Waals surface area contributed by atoms with Crippen molar-refractivity contribution in [3.63, 3.8) is 0 Å². The van der Waals surface area contributed by atoms with Gasteiger partial charge in [0.1, 0.15) is 10.4 Å². The number of hydrogen-bond acceptors (Lipinski definition) is 8. The van der Waals surface area contributed by atoms with Crippen molar-refractivity contribution in [2.24, 2.45) is 0 Å². The zero-order valence-corrected chi connectivity index (χ0v) is 19.6. The summed E-state index contributed by atoms with van der Waals surface area (Å²) in [5, 5.41) is 8.16. The fraction of sp³-hybridized carbons (Fsp3) is 0.227. The number of aromatic amines is 1. The highest BCUT2D eigenvalue weighted by molar-refractivity contribution is 7.99. The number of thiophene rings is 1. The van der Waals surface area contributed by atoms with Crippen LogP contribution in [0.5, 0.6) is 0 Å². The van der Waals surface area contributed by atoms with Crippen molar-refractivity contribution in [3.8, 4) is 5.69 Å². The summed E-state index contributed by atoms with van der Waals surface area (Å²) in [6, 6.07) is 11.1. The number of carbonyl (C=O) groups is 2. The SMILES string of the molecule is CCOC(=O)c1cc(CC)sc1NC(=O)CSc1nc2c(cnn2-c2ccccc2)c(=O)[nH]1. The standard InChI is InChI=1S/C22H21N5O4S2/c1-3-14-10-15(21(30)31-4-2)20(33-14)24-17(28)12-32-22-25-18-16(19(29)26-22)11-23-27(18)13-8-6-5-7-9-13/h5-11H,3-4,12H2,1-2H3,(H,24,28)(H,25,26,29). The maximum atomic E-state index is 12.6. The average molecular weight is 484 g/mol. The lowest BCUT2D eigenvalue weighted by Gasteiger charge is -2.06. The van der Waals surface area contributed by atoms with Gasteiger partial charge in [-0.2, -0.15) is 5.10 Å². The second-order valence-electron chi connectivity index (χ2n) is 6.87. The van der Waals surface area contributed by atoms with Crippen LogP contribution < -0.4 is 10.9 Å². The molecule has 170 valence electrons. The van der Waals surface area contributed by atoms with E-state index in [1.165, 1.54) is 17.5 Å². The second kappa shape index (κ2) is 10.0. The van der Waals surface area contributed by atoms with Gasteiger partial charge in [0.2, 0.25) is 5.91 Å². The molecule has 11 heteroatoms. The third-order valence-corrected chi connectivity index (χ3v) is 6.71. The van der Waals surface area contributed by atoms with Gasteiger partial charge in [0.25, 0.3) is 5.56 Å². The van der Waals surface area contributed by atoms with Crippen molar-refractivity contribution in [1.82, 2.24) is 19.7 Å². The molecule has 0 bridgehead atoms. The van der Waals surface area contributed by atoms with Gasteiger partial charge in [-0.25, -0.2) is 14.5 Å². The van der Waals surface area contributed by atoms with Gasteiger partial charge in [-0.1, -0.05) is 36.9 Å². The highest BCUT2D eigenvalue weighted by atomic mass is 32.2. The van der Waals surface area contributed by atoms with E-state index in [4.69, 9.17) is 4.74 Å². The number of hydrogen-bond donors (Lipinski definition) is 2. The summed E-state index contributed by atoms with van der Waals surface area (Å²) < 4.78 is 6.67. The summed E-state index contributed by atoms with van der Waals surface area (Å²) in [7, 11) is 0. The molecule has 4 rings (SSSR count). The molecule has 0 aliphatic carbocycles. The number of anilines is 1. The minimum Gasteiger partial charge on any atom is -0.462 e. The van der Waals surface area contributed by atoms with Crippen LogP contribution in [0.2, 0.25) is 0 Å². The molecule has 0 radical (unpaired) electrons. The Kier molecular flexibility index (Phi) is 6.90. The van der Waals surface area contributed by atoms with E-state index in [0.29, 0.717) is 26.8 Å². The number of ether oxygens (including phenoxy) is 1. The quantitative estimate of drug-likeness (QED) is 0.223. The summed E-state index contributed by atoms with van der Waals surface area (Å²) in [6.07, 6.45) is 2.20. The Balaban J connectivity index is 1.51. The summed E-state index contributed by atoms with van der Waals surface area (Å²) in [5.41, 5.74) is 1.19. The minimum atomic E-state index is -0.470. The molecule has 3 heterocycles. The monoisotopic (exact) mass is 483 g/mol. The molecular weight excluding hydrogens is 462 g/mol. The van der Waals surface area contributed by atoms with Crippen LogP contribution in [0, 0.1) is 0 Å². The number of nitrogens with zero attached hydrogens (tertiary/aromatic N) is 3. The van der Waals surface area contributed by atoms with E-state index in [1.807, 2.05) is 37.3 Å².